The van der Waals surface area contributed by atoms with Crippen molar-refractivity contribution in [1.29, 1.82) is 0 Å². The molecule has 4 nitrogen and oxygen atoms in total. The second-order valence-corrected chi connectivity index (χ2v) is 7.27. The van der Waals surface area contributed by atoms with Gasteiger partial charge in [0.2, 0.25) is 5.82 Å². The van der Waals surface area contributed by atoms with E-state index in [1.54, 1.807) is 30.3 Å². The van der Waals surface area contributed by atoms with Gasteiger partial charge in [-0.05, 0) is 60.2 Å². The number of halogens is 3. The highest BCUT2D eigenvalue weighted by molar-refractivity contribution is 6.36. The first-order valence-corrected chi connectivity index (χ1v) is 9.49. The molecule has 1 heterocycles. The number of rotatable bonds is 5. The molecule has 140 valence electrons. The molecule has 0 aliphatic rings. The quantitative estimate of drug-likeness (QED) is 0.343. The average molecular weight is 432 g/mol. The zero-order valence-corrected chi connectivity index (χ0v) is 16.7. The molecule has 0 N–H and O–H groups in total. The predicted molar refractivity (Wildman–Crippen MR) is 111 cm³/mol. The van der Waals surface area contributed by atoms with Crippen LogP contribution in [0.2, 0.25) is 15.1 Å². The van der Waals surface area contributed by atoms with Crippen molar-refractivity contribution in [3.05, 3.63) is 87.4 Å². The van der Waals surface area contributed by atoms with Crippen LogP contribution in [0.3, 0.4) is 0 Å². The molecule has 4 rings (SSSR count). The number of hydrogen-bond acceptors (Lipinski definition) is 4. The van der Waals surface area contributed by atoms with Crippen LogP contribution in [0.15, 0.2) is 71.3 Å². The first kappa shape index (κ1) is 18.8. The van der Waals surface area contributed by atoms with Crippen LogP contribution in [0, 0.1) is 0 Å². The lowest BCUT2D eigenvalue weighted by atomic mass is 10.1. The van der Waals surface area contributed by atoms with Crippen LogP contribution in [-0.4, -0.2) is 10.1 Å². The van der Waals surface area contributed by atoms with Crippen molar-refractivity contribution >= 4 is 34.8 Å². The maximum atomic E-state index is 6.22. The summed E-state index contributed by atoms with van der Waals surface area (Å²) in [5.41, 5.74) is 2.42. The molecule has 0 fully saturated rings. The second-order valence-electron chi connectivity index (χ2n) is 5.99. The summed E-state index contributed by atoms with van der Waals surface area (Å²) in [6.45, 7) is 0.402. The Labute approximate surface area is 176 Å². The molecule has 28 heavy (non-hydrogen) atoms. The molecule has 0 spiro atoms. The molecule has 0 radical (unpaired) electrons. The summed E-state index contributed by atoms with van der Waals surface area (Å²) >= 11 is 18.0. The standard InChI is InChI=1S/C21H13Cl3N2O2/c22-15-4-7-17(8-5-15)27-12-13-2-1-3-14(10-13)21-25-20(26-28-21)18-9-6-16(23)11-19(18)24/h1-11H,12H2. The van der Waals surface area contributed by atoms with Crippen LogP contribution in [0.25, 0.3) is 22.8 Å². The van der Waals surface area contributed by atoms with Crippen LogP contribution < -0.4 is 4.74 Å². The second kappa shape index (κ2) is 8.23. The van der Waals surface area contributed by atoms with Crippen LogP contribution in [-0.2, 0) is 6.61 Å². The molecule has 0 bridgehead atoms. The summed E-state index contributed by atoms with van der Waals surface area (Å²) in [6, 6.07) is 20.1. The van der Waals surface area contributed by atoms with Crippen molar-refractivity contribution in [1.82, 2.24) is 10.1 Å². The Hall–Kier alpha value is -2.53. The van der Waals surface area contributed by atoms with Gasteiger partial charge in [-0.2, -0.15) is 4.98 Å². The number of benzene rings is 3. The van der Waals surface area contributed by atoms with E-state index in [1.165, 1.54) is 0 Å². The Bertz CT molecular complexity index is 1110. The molecule has 0 atom stereocenters. The van der Waals surface area contributed by atoms with Crippen molar-refractivity contribution < 1.29 is 9.26 Å². The van der Waals surface area contributed by atoms with Crippen molar-refractivity contribution in [2.24, 2.45) is 0 Å². The van der Waals surface area contributed by atoms with E-state index in [2.05, 4.69) is 10.1 Å². The molecule has 0 aliphatic carbocycles. The molecule has 7 heteroatoms. The number of aromatic nitrogens is 2. The molecule has 0 saturated heterocycles. The van der Waals surface area contributed by atoms with E-state index in [1.807, 2.05) is 36.4 Å². The summed E-state index contributed by atoms with van der Waals surface area (Å²) in [4.78, 5) is 4.45. The molecule has 1 aromatic heterocycles. The van der Waals surface area contributed by atoms with Crippen LogP contribution in [0.4, 0.5) is 0 Å². The minimum absolute atomic E-state index is 0.398. The maximum Gasteiger partial charge on any atom is 0.258 e. The molecule has 0 amide bonds. The minimum Gasteiger partial charge on any atom is -0.489 e. The Morgan fingerprint density at radius 1 is 0.857 bits per heavy atom. The smallest absolute Gasteiger partial charge is 0.258 e. The zero-order valence-electron chi connectivity index (χ0n) is 14.4. The lowest BCUT2D eigenvalue weighted by Crippen LogP contribution is -1.95. The third-order valence-corrected chi connectivity index (χ3v) is 4.79. The SMILES string of the molecule is Clc1ccc(OCc2cccc(-c3nc(-c4ccc(Cl)cc4Cl)no3)c2)cc1. The highest BCUT2D eigenvalue weighted by Gasteiger charge is 2.14. The van der Waals surface area contributed by atoms with Gasteiger partial charge in [-0.25, -0.2) is 0 Å². The van der Waals surface area contributed by atoms with Gasteiger partial charge >= 0.3 is 0 Å². The van der Waals surface area contributed by atoms with E-state index in [9.17, 15) is 0 Å². The number of nitrogens with zero attached hydrogens (tertiary/aromatic N) is 2. The van der Waals surface area contributed by atoms with Gasteiger partial charge in [0, 0.05) is 21.2 Å². The molecular weight excluding hydrogens is 419 g/mol. The fourth-order valence-electron chi connectivity index (χ4n) is 2.61. The third-order valence-electron chi connectivity index (χ3n) is 3.99. The van der Waals surface area contributed by atoms with E-state index in [-0.39, 0.29) is 0 Å². The van der Waals surface area contributed by atoms with E-state index < -0.39 is 0 Å². The normalized spacial score (nSPS) is 10.8. The average Bonchev–Trinajstić information content (AvgIpc) is 3.18. The van der Waals surface area contributed by atoms with Crippen LogP contribution in [0.1, 0.15) is 5.56 Å². The van der Waals surface area contributed by atoms with Gasteiger partial charge in [0.05, 0.1) is 5.02 Å². The first-order chi connectivity index (χ1) is 13.6. The van der Waals surface area contributed by atoms with E-state index in [0.29, 0.717) is 39.0 Å². The molecule has 0 saturated carbocycles. The lowest BCUT2D eigenvalue weighted by molar-refractivity contribution is 0.306. The Kier molecular flexibility index (Phi) is 5.53. The Balaban J connectivity index is 1.53. The van der Waals surface area contributed by atoms with Gasteiger partial charge in [0.1, 0.15) is 12.4 Å². The molecule has 3 aromatic carbocycles. The van der Waals surface area contributed by atoms with Gasteiger partial charge < -0.3 is 9.26 Å². The van der Waals surface area contributed by atoms with Crippen molar-refractivity contribution in [2.45, 2.75) is 6.61 Å². The van der Waals surface area contributed by atoms with Gasteiger partial charge in [0.15, 0.2) is 0 Å². The molecule has 4 aromatic rings. The number of hydrogen-bond donors (Lipinski definition) is 0. The Morgan fingerprint density at radius 3 is 2.43 bits per heavy atom. The van der Waals surface area contributed by atoms with Gasteiger partial charge in [-0.1, -0.05) is 52.1 Å². The van der Waals surface area contributed by atoms with Gasteiger partial charge in [0.25, 0.3) is 5.89 Å². The minimum atomic E-state index is 0.398. The highest BCUT2D eigenvalue weighted by Crippen LogP contribution is 2.30. The topological polar surface area (TPSA) is 48.2 Å². The fourth-order valence-corrected chi connectivity index (χ4v) is 3.23. The maximum absolute atomic E-state index is 6.22. The monoisotopic (exact) mass is 430 g/mol. The van der Waals surface area contributed by atoms with Crippen molar-refractivity contribution in [2.75, 3.05) is 0 Å². The van der Waals surface area contributed by atoms with E-state index in [0.717, 1.165) is 16.9 Å². The van der Waals surface area contributed by atoms with Crippen molar-refractivity contribution in [3.63, 3.8) is 0 Å². The third kappa shape index (κ3) is 4.30. The summed E-state index contributed by atoms with van der Waals surface area (Å²) < 4.78 is 11.2. The summed E-state index contributed by atoms with van der Waals surface area (Å²) in [5, 5.41) is 5.71. The first-order valence-electron chi connectivity index (χ1n) is 8.35. The van der Waals surface area contributed by atoms with Gasteiger partial charge in [-0.15, -0.1) is 0 Å². The highest BCUT2D eigenvalue weighted by atomic mass is 35.5. The molecule has 0 unspecified atom stereocenters. The van der Waals surface area contributed by atoms with Crippen molar-refractivity contribution in [3.8, 4) is 28.6 Å². The number of ether oxygens (including phenoxy) is 1. The molecule has 0 aliphatic heterocycles. The Morgan fingerprint density at radius 2 is 1.64 bits per heavy atom. The van der Waals surface area contributed by atoms with Crippen LogP contribution in [0.5, 0.6) is 5.75 Å². The van der Waals surface area contributed by atoms with E-state index >= 15 is 0 Å². The summed E-state index contributed by atoms with van der Waals surface area (Å²) in [6.07, 6.45) is 0. The predicted octanol–water partition coefficient (Wildman–Crippen LogP) is 6.94. The van der Waals surface area contributed by atoms with E-state index in [4.69, 9.17) is 44.1 Å². The molecular formula is C21H13Cl3N2O2. The summed E-state index contributed by atoms with van der Waals surface area (Å²) in [7, 11) is 0. The zero-order chi connectivity index (χ0) is 19.5. The lowest BCUT2D eigenvalue weighted by Gasteiger charge is -2.07. The van der Waals surface area contributed by atoms with Gasteiger partial charge in [-0.3, -0.25) is 0 Å². The van der Waals surface area contributed by atoms with Crippen LogP contribution >= 0.6 is 34.8 Å². The fraction of sp³-hybridized carbons (Fsp3) is 0.0476. The largest absolute Gasteiger partial charge is 0.489 e. The summed E-state index contributed by atoms with van der Waals surface area (Å²) in [5.74, 6) is 1.54.